The fourth-order valence-corrected chi connectivity index (χ4v) is 3.24. The van der Waals surface area contributed by atoms with Crippen LogP contribution < -0.4 is 10.5 Å². The molecule has 0 unspecified atom stereocenters. The van der Waals surface area contributed by atoms with Crippen LogP contribution in [0.15, 0.2) is 23.1 Å². The van der Waals surface area contributed by atoms with Crippen molar-refractivity contribution < 1.29 is 12.8 Å². The number of thioether (sulfide) groups is 1. The number of benzene rings is 1. The molecule has 0 aliphatic heterocycles. The highest BCUT2D eigenvalue weighted by Crippen LogP contribution is 2.17. The highest BCUT2D eigenvalue weighted by molar-refractivity contribution is 7.98. The molecule has 3 N–H and O–H groups in total. The fraction of sp³-hybridized carbons (Fsp3) is 0.500. The van der Waals surface area contributed by atoms with E-state index in [0.717, 1.165) is 37.1 Å². The van der Waals surface area contributed by atoms with Crippen LogP contribution in [0.3, 0.4) is 0 Å². The molecular weight excluding hydrogens is 287 g/mol. The monoisotopic (exact) mass is 306 g/mol. The van der Waals surface area contributed by atoms with E-state index in [-0.39, 0.29) is 5.69 Å². The maximum absolute atomic E-state index is 13.5. The largest absolute Gasteiger partial charge is 0.399 e. The zero-order valence-electron chi connectivity index (χ0n) is 10.9. The topological polar surface area (TPSA) is 72.2 Å². The number of rotatable bonds is 8. The van der Waals surface area contributed by atoms with E-state index >= 15 is 0 Å². The van der Waals surface area contributed by atoms with Gasteiger partial charge in [-0.05, 0) is 43.0 Å². The van der Waals surface area contributed by atoms with Gasteiger partial charge in [0.15, 0.2) is 0 Å². The second-order valence-corrected chi connectivity index (χ2v) is 6.86. The van der Waals surface area contributed by atoms with E-state index in [1.807, 2.05) is 6.26 Å². The first-order valence-corrected chi connectivity index (χ1v) is 8.88. The average Bonchev–Trinajstić information content (AvgIpc) is 2.36. The van der Waals surface area contributed by atoms with E-state index in [9.17, 15) is 12.8 Å². The van der Waals surface area contributed by atoms with Gasteiger partial charge in [-0.3, -0.25) is 0 Å². The van der Waals surface area contributed by atoms with Crippen LogP contribution in [0, 0.1) is 5.82 Å². The number of anilines is 1. The minimum absolute atomic E-state index is 0.224. The number of unbranched alkanes of at least 4 members (excludes halogenated alkanes) is 2. The number of nitrogens with one attached hydrogen (secondary N) is 1. The number of hydrogen-bond donors (Lipinski definition) is 2. The molecule has 1 rings (SSSR count). The maximum Gasteiger partial charge on any atom is 0.243 e. The van der Waals surface area contributed by atoms with Crippen LogP contribution in [0.25, 0.3) is 0 Å². The van der Waals surface area contributed by atoms with Crippen LogP contribution in [-0.2, 0) is 10.0 Å². The number of nitrogen functional groups attached to an aromatic ring is 1. The Bertz CT molecular complexity index is 506. The third-order valence-corrected chi connectivity index (χ3v) is 4.74. The minimum atomic E-state index is -3.82. The van der Waals surface area contributed by atoms with Crippen LogP contribution in [0.1, 0.15) is 19.3 Å². The van der Waals surface area contributed by atoms with E-state index in [0.29, 0.717) is 6.54 Å². The van der Waals surface area contributed by atoms with E-state index in [2.05, 4.69) is 4.72 Å². The standard InChI is InChI=1S/C12H19FN2O2S2/c1-18-8-4-2-3-7-15-19(16,17)12-9-10(14)5-6-11(12)13/h5-6,9,15H,2-4,7-8,14H2,1H3. The molecule has 7 heteroatoms. The van der Waals surface area contributed by atoms with Gasteiger partial charge in [0.1, 0.15) is 10.7 Å². The summed E-state index contributed by atoms with van der Waals surface area (Å²) in [6.45, 7) is 0.310. The van der Waals surface area contributed by atoms with Gasteiger partial charge >= 0.3 is 0 Å². The van der Waals surface area contributed by atoms with Gasteiger partial charge < -0.3 is 5.73 Å². The molecule has 0 radical (unpaired) electrons. The highest BCUT2D eigenvalue weighted by atomic mass is 32.2. The lowest BCUT2D eigenvalue weighted by Crippen LogP contribution is -2.25. The Hall–Kier alpha value is -0.790. The fourth-order valence-electron chi connectivity index (χ4n) is 1.56. The third-order valence-electron chi connectivity index (χ3n) is 2.56. The van der Waals surface area contributed by atoms with Crippen molar-refractivity contribution in [1.82, 2.24) is 4.72 Å². The SMILES string of the molecule is CSCCCCCNS(=O)(=O)c1cc(N)ccc1F. The molecule has 1 aromatic rings. The summed E-state index contributed by atoms with van der Waals surface area (Å²) in [5, 5.41) is 0. The predicted molar refractivity (Wildman–Crippen MR) is 78.2 cm³/mol. The van der Waals surface area contributed by atoms with Crippen molar-refractivity contribution >= 4 is 27.5 Å². The third kappa shape index (κ3) is 5.38. The van der Waals surface area contributed by atoms with Gasteiger partial charge in [0.05, 0.1) is 0 Å². The molecule has 108 valence electrons. The zero-order chi connectivity index (χ0) is 14.3. The van der Waals surface area contributed by atoms with Crippen molar-refractivity contribution in [1.29, 1.82) is 0 Å². The lowest BCUT2D eigenvalue weighted by atomic mass is 10.2. The maximum atomic E-state index is 13.5. The second-order valence-electron chi connectivity index (χ2n) is 4.14. The Kier molecular flexibility index (Phi) is 6.60. The van der Waals surface area contributed by atoms with Gasteiger partial charge in [0.2, 0.25) is 10.0 Å². The van der Waals surface area contributed by atoms with Gasteiger partial charge in [-0.2, -0.15) is 11.8 Å². The zero-order valence-corrected chi connectivity index (χ0v) is 12.5. The van der Waals surface area contributed by atoms with Gasteiger partial charge in [-0.15, -0.1) is 0 Å². The first-order valence-electron chi connectivity index (χ1n) is 6.01. The van der Waals surface area contributed by atoms with E-state index in [1.54, 1.807) is 11.8 Å². The molecule has 0 heterocycles. The van der Waals surface area contributed by atoms with Crippen molar-refractivity contribution in [3.8, 4) is 0 Å². The summed E-state index contributed by atoms with van der Waals surface area (Å²) in [5.74, 6) is 0.278. The summed E-state index contributed by atoms with van der Waals surface area (Å²) < 4.78 is 39.6. The lowest BCUT2D eigenvalue weighted by molar-refractivity contribution is 0.554. The molecule has 0 saturated carbocycles. The van der Waals surface area contributed by atoms with E-state index in [4.69, 9.17) is 5.73 Å². The van der Waals surface area contributed by atoms with Gasteiger partial charge in [-0.25, -0.2) is 17.5 Å². The normalized spacial score (nSPS) is 11.7. The number of halogens is 1. The Morgan fingerprint density at radius 1 is 1.32 bits per heavy atom. The molecule has 19 heavy (non-hydrogen) atoms. The van der Waals surface area contributed by atoms with Crippen LogP contribution in [0.5, 0.6) is 0 Å². The molecule has 0 spiro atoms. The summed E-state index contributed by atoms with van der Waals surface area (Å²) in [5.41, 5.74) is 5.70. The van der Waals surface area contributed by atoms with Crippen LogP contribution in [-0.4, -0.2) is 27.0 Å². The Morgan fingerprint density at radius 2 is 2.05 bits per heavy atom. The highest BCUT2D eigenvalue weighted by Gasteiger charge is 2.18. The molecule has 0 atom stereocenters. The molecule has 0 aliphatic rings. The molecule has 0 amide bonds. The predicted octanol–water partition coefficient (Wildman–Crippen LogP) is 2.22. The Labute approximate surface area is 118 Å². The Balaban J connectivity index is 2.54. The van der Waals surface area contributed by atoms with Crippen molar-refractivity contribution in [3.63, 3.8) is 0 Å². The summed E-state index contributed by atoms with van der Waals surface area (Å²) in [6, 6.07) is 3.52. The summed E-state index contributed by atoms with van der Waals surface area (Å²) in [6.07, 6.45) is 4.77. The molecule has 0 fully saturated rings. The van der Waals surface area contributed by atoms with Gasteiger partial charge in [0.25, 0.3) is 0 Å². The van der Waals surface area contributed by atoms with Gasteiger partial charge in [-0.1, -0.05) is 6.42 Å². The first-order chi connectivity index (χ1) is 8.97. The average molecular weight is 306 g/mol. The quantitative estimate of drug-likeness (QED) is 0.570. The van der Waals surface area contributed by atoms with Crippen LogP contribution >= 0.6 is 11.8 Å². The summed E-state index contributed by atoms with van der Waals surface area (Å²) in [4.78, 5) is -0.392. The minimum Gasteiger partial charge on any atom is -0.399 e. The smallest absolute Gasteiger partial charge is 0.243 e. The van der Waals surface area contributed by atoms with E-state index < -0.39 is 20.7 Å². The second kappa shape index (κ2) is 7.72. The van der Waals surface area contributed by atoms with Gasteiger partial charge in [0, 0.05) is 12.2 Å². The van der Waals surface area contributed by atoms with Crippen molar-refractivity contribution in [2.24, 2.45) is 0 Å². The molecule has 0 aromatic heterocycles. The van der Waals surface area contributed by atoms with Crippen molar-refractivity contribution in [2.45, 2.75) is 24.2 Å². The molecular formula is C12H19FN2O2S2. The number of hydrogen-bond acceptors (Lipinski definition) is 4. The van der Waals surface area contributed by atoms with Crippen molar-refractivity contribution in [3.05, 3.63) is 24.0 Å². The lowest BCUT2D eigenvalue weighted by Gasteiger charge is -2.08. The molecule has 1 aromatic carbocycles. The van der Waals surface area contributed by atoms with Crippen LogP contribution in [0.2, 0.25) is 0 Å². The van der Waals surface area contributed by atoms with Crippen LogP contribution in [0.4, 0.5) is 10.1 Å². The first kappa shape index (κ1) is 16.3. The number of sulfonamides is 1. The summed E-state index contributed by atoms with van der Waals surface area (Å²) >= 11 is 1.76. The molecule has 0 bridgehead atoms. The molecule has 0 saturated heterocycles. The summed E-state index contributed by atoms with van der Waals surface area (Å²) in [7, 11) is -3.82. The molecule has 0 aliphatic carbocycles. The Morgan fingerprint density at radius 3 is 2.74 bits per heavy atom. The molecule has 4 nitrogen and oxygen atoms in total. The van der Waals surface area contributed by atoms with Crippen molar-refractivity contribution in [2.75, 3.05) is 24.3 Å². The van der Waals surface area contributed by atoms with E-state index in [1.165, 1.54) is 6.07 Å². The number of nitrogens with two attached hydrogens (primary N) is 1.